The normalized spacial score (nSPS) is 11.3. The summed E-state index contributed by atoms with van der Waals surface area (Å²) < 4.78 is 5.27. The Kier molecular flexibility index (Phi) is 8.78. The van der Waals surface area contributed by atoms with Crippen molar-refractivity contribution in [3.05, 3.63) is 12.2 Å². The second-order valence-electron chi connectivity index (χ2n) is 5.98. The summed E-state index contributed by atoms with van der Waals surface area (Å²) in [7, 11) is 0. The van der Waals surface area contributed by atoms with Gasteiger partial charge in [-0.3, -0.25) is 0 Å². The Balaban J connectivity index is 3.56. The van der Waals surface area contributed by atoms with Crippen molar-refractivity contribution in [2.24, 2.45) is 0 Å². The van der Waals surface area contributed by atoms with Crippen LogP contribution in [0, 0.1) is 0 Å². The highest BCUT2D eigenvalue weighted by atomic mass is 16.6. The van der Waals surface area contributed by atoms with Gasteiger partial charge in [-0.25, -0.2) is 4.79 Å². The number of unbranched alkanes of at least 4 members (excludes halogenated alkanes) is 6. The van der Waals surface area contributed by atoms with Gasteiger partial charge in [0.15, 0.2) is 0 Å². The van der Waals surface area contributed by atoms with Crippen LogP contribution in [0.3, 0.4) is 0 Å². The van der Waals surface area contributed by atoms with Crippen molar-refractivity contribution < 1.29 is 9.53 Å². The van der Waals surface area contributed by atoms with Gasteiger partial charge >= 0.3 is 5.97 Å². The second kappa shape index (κ2) is 9.18. The van der Waals surface area contributed by atoms with Crippen LogP contribution in [-0.4, -0.2) is 11.6 Å². The summed E-state index contributed by atoms with van der Waals surface area (Å²) in [6, 6.07) is 0. The maximum Gasteiger partial charge on any atom is 0.333 e. The average molecular weight is 254 g/mol. The fraction of sp³-hybridized carbons (Fsp3) is 0.812. The molecule has 0 atom stereocenters. The molecule has 0 spiro atoms. The van der Waals surface area contributed by atoms with Crippen molar-refractivity contribution in [3.63, 3.8) is 0 Å². The van der Waals surface area contributed by atoms with Crippen LogP contribution in [0.5, 0.6) is 0 Å². The highest BCUT2D eigenvalue weighted by Gasteiger charge is 2.17. The fourth-order valence-corrected chi connectivity index (χ4v) is 1.75. The van der Waals surface area contributed by atoms with Crippen LogP contribution in [0.25, 0.3) is 0 Å². The highest BCUT2D eigenvalue weighted by Crippen LogP contribution is 2.15. The SMILES string of the molecule is C=C(CCCCCCCCC)C(=O)OC(C)(C)C. The molecule has 0 saturated heterocycles. The molecule has 0 saturated carbocycles. The molecule has 0 heterocycles. The van der Waals surface area contributed by atoms with Crippen LogP contribution >= 0.6 is 0 Å². The van der Waals surface area contributed by atoms with Gasteiger partial charge in [0, 0.05) is 5.57 Å². The molecule has 106 valence electrons. The van der Waals surface area contributed by atoms with Crippen LogP contribution in [0.1, 0.15) is 79.1 Å². The first-order valence-electron chi connectivity index (χ1n) is 7.28. The van der Waals surface area contributed by atoms with Gasteiger partial charge in [-0.1, -0.05) is 52.0 Å². The molecule has 0 aromatic heterocycles. The zero-order chi connectivity index (χ0) is 14.0. The van der Waals surface area contributed by atoms with Crippen LogP contribution in [0.2, 0.25) is 0 Å². The quantitative estimate of drug-likeness (QED) is 0.328. The van der Waals surface area contributed by atoms with Crippen molar-refractivity contribution in [2.75, 3.05) is 0 Å². The molecular weight excluding hydrogens is 224 g/mol. The molecule has 0 amide bonds. The molecule has 0 aliphatic rings. The van der Waals surface area contributed by atoms with E-state index in [0.717, 1.165) is 12.8 Å². The lowest BCUT2D eigenvalue weighted by molar-refractivity contribution is -0.150. The third-order valence-electron chi connectivity index (χ3n) is 2.77. The van der Waals surface area contributed by atoms with Gasteiger partial charge in [0.25, 0.3) is 0 Å². The van der Waals surface area contributed by atoms with E-state index in [1.54, 1.807) is 0 Å². The van der Waals surface area contributed by atoms with E-state index in [1.807, 2.05) is 20.8 Å². The van der Waals surface area contributed by atoms with E-state index in [1.165, 1.54) is 38.5 Å². The van der Waals surface area contributed by atoms with Crippen LogP contribution in [0.4, 0.5) is 0 Å². The molecule has 0 aromatic rings. The third-order valence-corrected chi connectivity index (χ3v) is 2.77. The number of carbonyl (C=O) groups excluding carboxylic acids is 1. The van der Waals surface area contributed by atoms with Crippen molar-refractivity contribution in [2.45, 2.75) is 84.7 Å². The number of hydrogen-bond acceptors (Lipinski definition) is 2. The van der Waals surface area contributed by atoms with Gasteiger partial charge in [0.1, 0.15) is 5.60 Å². The molecule has 0 fully saturated rings. The van der Waals surface area contributed by atoms with Crippen LogP contribution < -0.4 is 0 Å². The lowest BCUT2D eigenvalue weighted by Crippen LogP contribution is -2.24. The number of esters is 1. The van der Waals surface area contributed by atoms with E-state index in [0.29, 0.717) is 5.57 Å². The average Bonchev–Trinajstić information content (AvgIpc) is 2.25. The molecule has 0 bridgehead atoms. The Bertz CT molecular complexity index is 248. The van der Waals surface area contributed by atoms with E-state index in [9.17, 15) is 4.79 Å². The van der Waals surface area contributed by atoms with E-state index in [2.05, 4.69) is 13.5 Å². The molecule has 2 nitrogen and oxygen atoms in total. The van der Waals surface area contributed by atoms with Crippen molar-refractivity contribution in [1.29, 1.82) is 0 Å². The fourth-order valence-electron chi connectivity index (χ4n) is 1.75. The van der Waals surface area contributed by atoms with Crippen molar-refractivity contribution in [1.82, 2.24) is 0 Å². The Hall–Kier alpha value is -0.790. The largest absolute Gasteiger partial charge is 0.457 e. The Morgan fingerprint density at radius 2 is 1.50 bits per heavy atom. The molecule has 0 N–H and O–H groups in total. The molecule has 0 rings (SSSR count). The maximum absolute atomic E-state index is 11.6. The first-order chi connectivity index (χ1) is 8.37. The summed E-state index contributed by atoms with van der Waals surface area (Å²) in [5, 5.41) is 0. The molecule has 0 aromatic carbocycles. The van der Waals surface area contributed by atoms with E-state index in [-0.39, 0.29) is 5.97 Å². The van der Waals surface area contributed by atoms with Gasteiger partial charge in [-0.15, -0.1) is 0 Å². The summed E-state index contributed by atoms with van der Waals surface area (Å²) >= 11 is 0. The van der Waals surface area contributed by atoms with E-state index < -0.39 is 5.60 Å². The molecule has 0 unspecified atom stereocenters. The summed E-state index contributed by atoms with van der Waals surface area (Å²) in [6.45, 7) is 11.7. The first-order valence-corrected chi connectivity index (χ1v) is 7.28. The number of hydrogen-bond donors (Lipinski definition) is 0. The standard InChI is InChI=1S/C16H30O2/c1-6-7-8-9-10-11-12-13-14(2)15(17)18-16(3,4)5/h2,6-13H2,1,3-5H3. The summed E-state index contributed by atoms with van der Waals surface area (Å²) in [5.41, 5.74) is 0.193. The lowest BCUT2D eigenvalue weighted by Gasteiger charge is -2.20. The summed E-state index contributed by atoms with van der Waals surface area (Å²) in [6.07, 6.45) is 9.54. The lowest BCUT2D eigenvalue weighted by atomic mass is 10.1. The minimum atomic E-state index is -0.416. The Morgan fingerprint density at radius 3 is 2.00 bits per heavy atom. The van der Waals surface area contributed by atoms with E-state index >= 15 is 0 Å². The van der Waals surface area contributed by atoms with Gasteiger partial charge in [0.2, 0.25) is 0 Å². The predicted octanol–water partition coefficient (Wildman–Crippen LogP) is 5.03. The summed E-state index contributed by atoms with van der Waals surface area (Å²) in [4.78, 5) is 11.6. The minimum Gasteiger partial charge on any atom is -0.457 e. The summed E-state index contributed by atoms with van der Waals surface area (Å²) in [5.74, 6) is -0.242. The number of carbonyl (C=O) groups is 1. The maximum atomic E-state index is 11.6. The van der Waals surface area contributed by atoms with Crippen molar-refractivity contribution in [3.8, 4) is 0 Å². The zero-order valence-corrected chi connectivity index (χ0v) is 12.7. The second-order valence-corrected chi connectivity index (χ2v) is 5.98. The molecular formula is C16H30O2. The molecule has 0 aliphatic heterocycles. The zero-order valence-electron chi connectivity index (χ0n) is 12.7. The van der Waals surface area contributed by atoms with Gasteiger partial charge in [-0.2, -0.15) is 0 Å². The van der Waals surface area contributed by atoms with Crippen LogP contribution in [-0.2, 0) is 9.53 Å². The smallest absolute Gasteiger partial charge is 0.333 e. The molecule has 0 aliphatic carbocycles. The highest BCUT2D eigenvalue weighted by molar-refractivity contribution is 5.87. The Labute approximate surface area is 113 Å². The Morgan fingerprint density at radius 1 is 1.00 bits per heavy atom. The topological polar surface area (TPSA) is 26.3 Å². The van der Waals surface area contributed by atoms with Gasteiger partial charge < -0.3 is 4.74 Å². The number of ether oxygens (including phenoxy) is 1. The van der Waals surface area contributed by atoms with Gasteiger partial charge in [-0.05, 0) is 33.6 Å². The predicted molar refractivity (Wildman–Crippen MR) is 77.6 cm³/mol. The molecule has 0 radical (unpaired) electrons. The van der Waals surface area contributed by atoms with E-state index in [4.69, 9.17) is 4.74 Å². The van der Waals surface area contributed by atoms with Gasteiger partial charge in [0.05, 0.1) is 0 Å². The third kappa shape index (κ3) is 10.4. The number of rotatable bonds is 9. The monoisotopic (exact) mass is 254 g/mol. The first kappa shape index (κ1) is 17.2. The van der Waals surface area contributed by atoms with Crippen molar-refractivity contribution >= 4 is 5.97 Å². The molecule has 2 heteroatoms. The van der Waals surface area contributed by atoms with Crippen LogP contribution in [0.15, 0.2) is 12.2 Å². The minimum absolute atomic E-state index is 0.242. The molecule has 18 heavy (non-hydrogen) atoms.